The molecule has 2 nitrogen and oxygen atoms in total. The maximum Gasteiger partial charge on any atom is 0.251 e. The van der Waals surface area contributed by atoms with Crippen molar-refractivity contribution in [3.63, 3.8) is 0 Å². The third-order valence-electron chi connectivity index (χ3n) is 2.86. The van der Waals surface area contributed by atoms with E-state index in [1.807, 2.05) is 30.3 Å². The zero-order valence-electron chi connectivity index (χ0n) is 9.41. The number of carbonyl (C=O) groups excluding carboxylic acids is 1. The van der Waals surface area contributed by atoms with E-state index in [-0.39, 0.29) is 5.91 Å². The minimum atomic E-state index is 0.0631. The highest BCUT2D eigenvalue weighted by Gasteiger charge is 2.11. The third-order valence-corrected chi connectivity index (χ3v) is 2.86. The van der Waals surface area contributed by atoms with E-state index in [0.717, 1.165) is 30.5 Å². The standard InChI is InChI=1S/C14H17NO/c16-14(12-8-4-1-2-5-9-12)15-13-10-6-3-7-11-13/h3,6-8,10-11H,1-2,4-5,9H2,(H,15,16). The predicted octanol–water partition coefficient (Wildman–Crippen LogP) is 3.52. The maximum absolute atomic E-state index is 11.9. The molecule has 0 saturated heterocycles. The second kappa shape index (κ2) is 5.50. The second-order valence-corrected chi connectivity index (χ2v) is 4.15. The van der Waals surface area contributed by atoms with Crippen LogP contribution < -0.4 is 5.32 Å². The molecule has 0 atom stereocenters. The Morgan fingerprint density at radius 1 is 1.06 bits per heavy atom. The molecule has 0 saturated carbocycles. The smallest absolute Gasteiger partial charge is 0.251 e. The van der Waals surface area contributed by atoms with Crippen LogP contribution in [0.4, 0.5) is 5.69 Å². The lowest BCUT2D eigenvalue weighted by molar-refractivity contribution is -0.113. The predicted molar refractivity (Wildman–Crippen MR) is 66.2 cm³/mol. The number of hydrogen-bond acceptors (Lipinski definition) is 1. The van der Waals surface area contributed by atoms with Gasteiger partial charge < -0.3 is 5.32 Å². The van der Waals surface area contributed by atoms with E-state index in [1.165, 1.54) is 12.8 Å². The van der Waals surface area contributed by atoms with Crippen LogP contribution in [0, 0.1) is 0 Å². The van der Waals surface area contributed by atoms with Gasteiger partial charge >= 0.3 is 0 Å². The molecule has 0 spiro atoms. The average Bonchev–Trinajstić information content (AvgIpc) is 2.59. The molecule has 2 heteroatoms. The molecule has 0 unspecified atom stereocenters. The van der Waals surface area contributed by atoms with Crippen LogP contribution in [0.2, 0.25) is 0 Å². The number of carbonyl (C=O) groups is 1. The van der Waals surface area contributed by atoms with Gasteiger partial charge in [-0.15, -0.1) is 0 Å². The van der Waals surface area contributed by atoms with E-state index in [0.29, 0.717) is 0 Å². The summed E-state index contributed by atoms with van der Waals surface area (Å²) in [7, 11) is 0. The molecule has 16 heavy (non-hydrogen) atoms. The Labute approximate surface area is 96.4 Å². The van der Waals surface area contributed by atoms with Crippen molar-refractivity contribution in [1.29, 1.82) is 0 Å². The van der Waals surface area contributed by atoms with E-state index < -0.39 is 0 Å². The van der Waals surface area contributed by atoms with Crippen LogP contribution in [0.5, 0.6) is 0 Å². The quantitative estimate of drug-likeness (QED) is 0.803. The molecule has 0 fully saturated rings. The molecule has 1 aromatic carbocycles. The Morgan fingerprint density at radius 3 is 2.69 bits per heavy atom. The summed E-state index contributed by atoms with van der Waals surface area (Å²) in [6.07, 6.45) is 7.62. The number of amides is 1. The lowest BCUT2D eigenvalue weighted by Crippen LogP contribution is -2.14. The fourth-order valence-corrected chi connectivity index (χ4v) is 1.95. The summed E-state index contributed by atoms with van der Waals surface area (Å²) in [5.74, 6) is 0.0631. The maximum atomic E-state index is 11.9. The molecule has 0 aliphatic heterocycles. The highest BCUT2D eigenvalue weighted by Crippen LogP contribution is 2.18. The first-order valence-electron chi connectivity index (χ1n) is 5.92. The van der Waals surface area contributed by atoms with Crippen molar-refractivity contribution in [2.75, 3.05) is 5.32 Å². The largest absolute Gasteiger partial charge is 0.322 e. The van der Waals surface area contributed by atoms with Crippen LogP contribution in [0.25, 0.3) is 0 Å². The minimum Gasteiger partial charge on any atom is -0.322 e. The van der Waals surface area contributed by atoms with Gasteiger partial charge in [-0.1, -0.05) is 30.7 Å². The zero-order chi connectivity index (χ0) is 11.2. The topological polar surface area (TPSA) is 29.1 Å². The highest BCUT2D eigenvalue weighted by atomic mass is 16.1. The van der Waals surface area contributed by atoms with E-state index in [1.54, 1.807) is 0 Å². The zero-order valence-corrected chi connectivity index (χ0v) is 9.41. The monoisotopic (exact) mass is 215 g/mol. The summed E-state index contributed by atoms with van der Waals surface area (Å²) < 4.78 is 0. The van der Waals surface area contributed by atoms with E-state index >= 15 is 0 Å². The van der Waals surface area contributed by atoms with Gasteiger partial charge in [0, 0.05) is 11.3 Å². The second-order valence-electron chi connectivity index (χ2n) is 4.15. The van der Waals surface area contributed by atoms with Crippen molar-refractivity contribution < 1.29 is 4.79 Å². The summed E-state index contributed by atoms with van der Waals surface area (Å²) in [5, 5.41) is 2.93. The third kappa shape index (κ3) is 2.96. The summed E-state index contributed by atoms with van der Waals surface area (Å²) in [6, 6.07) is 9.62. The minimum absolute atomic E-state index is 0.0631. The van der Waals surface area contributed by atoms with Crippen molar-refractivity contribution in [3.05, 3.63) is 42.0 Å². The average molecular weight is 215 g/mol. The van der Waals surface area contributed by atoms with Gasteiger partial charge in [0.05, 0.1) is 0 Å². The molecule has 1 aliphatic carbocycles. The Morgan fingerprint density at radius 2 is 1.88 bits per heavy atom. The van der Waals surface area contributed by atoms with Gasteiger partial charge in [0.25, 0.3) is 5.91 Å². The number of benzene rings is 1. The highest BCUT2D eigenvalue weighted by molar-refractivity contribution is 6.03. The SMILES string of the molecule is O=C(Nc1ccccc1)C1=CCCCCC1. The Hall–Kier alpha value is -1.57. The molecule has 1 N–H and O–H groups in total. The molecule has 1 aromatic rings. The number of anilines is 1. The molecule has 84 valence electrons. The Kier molecular flexibility index (Phi) is 3.76. The first kappa shape index (κ1) is 10.9. The molecular formula is C14H17NO. The number of rotatable bonds is 2. The van der Waals surface area contributed by atoms with Crippen LogP contribution in [0.3, 0.4) is 0 Å². The Balaban J connectivity index is 2.00. The normalized spacial score (nSPS) is 16.1. The summed E-state index contributed by atoms with van der Waals surface area (Å²) in [4.78, 5) is 11.9. The number of allylic oxidation sites excluding steroid dienone is 1. The molecule has 0 radical (unpaired) electrons. The van der Waals surface area contributed by atoms with Crippen molar-refractivity contribution in [2.24, 2.45) is 0 Å². The van der Waals surface area contributed by atoms with Crippen LogP contribution >= 0.6 is 0 Å². The van der Waals surface area contributed by atoms with E-state index in [2.05, 4.69) is 11.4 Å². The van der Waals surface area contributed by atoms with Crippen molar-refractivity contribution >= 4 is 11.6 Å². The molecule has 1 aliphatic rings. The first-order valence-corrected chi connectivity index (χ1v) is 5.92. The molecule has 0 bridgehead atoms. The van der Waals surface area contributed by atoms with Gasteiger partial charge in [0.15, 0.2) is 0 Å². The Bertz CT molecular complexity index is 381. The van der Waals surface area contributed by atoms with Crippen molar-refractivity contribution in [3.8, 4) is 0 Å². The van der Waals surface area contributed by atoms with Gasteiger partial charge in [-0.05, 0) is 37.8 Å². The molecule has 0 aromatic heterocycles. The summed E-state index contributed by atoms with van der Waals surface area (Å²) >= 11 is 0. The number of nitrogens with one attached hydrogen (secondary N) is 1. The van der Waals surface area contributed by atoms with Crippen LogP contribution in [0.1, 0.15) is 32.1 Å². The molecule has 0 heterocycles. The van der Waals surface area contributed by atoms with Gasteiger partial charge in [-0.3, -0.25) is 4.79 Å². The summed E-state index contributed by atoms with van der Waals surface area (Å²) in [6.45, 7) is 0. The molecule has 2 rings (SSSR count). The van der Waals surface area contributed by atoms with Gasteiger partial charge in [0.1, 0.15) is 0 Å². The van der Waals surface area contributed by atoms with Crippen LogP contribution in [0.15, 0.2) is 42.0 Å². The van der Waals surface area contributed by atoms with E-state index in [4.69, 9.17) is 0 Å². The van der Waals surface area contributed by atoms with Crippen molar-refractivity contribution in [2.45, 2.75) is 32.1 Å². The molecule has 1 amide bonds. The van der Waals surface area contributed by atoms with Crippen LogP contribution in [-0.4, -0.2) is 5.91 Å². The first-order chi connectivity index (χ1) is 7.86. The van der Waals surface area contributed by atoms with Crippen LogP contribution in [-0.2, 0) is 4.79 Å². The van der Waals surface area contributed by atoms with Gasteiger partial charge in [0.2, 0.25) is 0 Å². The number of hydrogen-bond donors (Lipinski definition) is 1. The lowest BCUT2D eigenvalue weighted by Gasteiger charge is -2.07. The van der Waals surface area contributed by atoms with Crippen molar-refractivity contribution in [1.82, 2.24) is 0 Å². The molecular weight excluding hydrogens is 198 g/mol. The fourth-order valence-electron chi connectivity index (χ4n) is 1.95. The summed E-state index contributed by atoms with van der Waals surface area (Å²) in [5.41, 5.74) is 1.82. The van der Waals surface area contributed by atoms with Gasteiger partial charge in [-0.2, -0.15) is 0 Å². The fraction of sp³-hybridized carbons (Fsp3) is 0.357. The number of para-hydroxylation sites is 1. The van der Waals surface area contributed by atoms with Gasteiger partial charge in [-0.25, -0.2) is 0 Å². The lowest BCUT2D eigenvalue weighted by atomic mass is 10.1. The van der Waals surface area contributed by atoms with E-state index in [9.17, 15) is 4.79 Å².